The summed E-state index contributed by atoms with van der Waals surface area (Å²) >= 11 is 0. The summed E-state index contributed by atoms with van der Waals surface area (Å²) in [7, 11) is 0. The Kier molecular flexibility index (Phi) is 2.40. The quantitative estimate of drug-likeness (QED) is 0.655. The van der Waals surface area contributed by atoms with E-state index in [0.29, 0.717) is 19.5 Å². The lowest BCUT2D eigenvalue weighted by Crippen LogP contribution is -2.35. The minimum atomic E-state index is -0.353. The summed E-state index contributed by atoms with van der Waals surface area (Å²) in [5.74, 6) is 0. The number of aliphatic hydroxyl groups excluding tert-OH is 1. The summed E-state index contributed by atoms with van der Waals surface area (Å²) in [6.45, 7) is 1.07. The van der Waals surface area contributed by atoms with Gasteiger partial charge in [0, 0.05) is 13.1 Å². The molecule has 1 atom stereocenters. The van der Waals surface area contributed by atoms with Gasteiger partial charge in [0.2, 0.25) is 0 Å². The second-order valence-electron chi connectivity index (χ2n) is 3.83. The Morgan fingerprint density at radius 1 is 1.38 bits per heavy atom. The maximum Gasteiger partial charge on any atom is 0.410 e. The Balaban J connectivity index is 1.76. The van der Waals surface area contributed by atoms with Crippen LogP contribution in [0.15, 0.2) is 0 Å². The molecule has 1 saturated heterocycles. The summed E-state index contributed by atoms with van der Waals surface area (Å²) in [6, 6.07) is 0. The van der Waals surface area contributed by atoms with Gasteiger partial charge in [0.15, 0.2) is 0 Å². The van der Waals surface area contributed by atoms with Crippen molar-refractivity contribution in [3.8, 4) is 0 Å². The van der Waals surface area contributed by atoms with E-state index in [1.165, 1.54) is 6.42 Å². The van der Waals surface area contributed by atoms with E-state index in [-0.39, 0.29) is 18.3 Å². The minimum absolute atomic E-state index is 0.144. The molecule has 2 aliphatic rings. The van der Waals surface area contributed by atoms with Gasteiger partial charge < -0.3 is 14.7 Å². The van der Waals surface area contributed by atoms with Gasteiger partial charge in [-0.25, -0.2) is 4.79 Å². The van der Waals surface area contributed by atoms with Gasteiger partial charge in [-0.05, 0) is 25.7 Å². The lowest BCUT2D eigenvalue weighted by Gasteiger charge is -2.27. The first-order chi connectivity index (χ1) is 6.25. The first kappa shape index (κ1) is 8.81. The minimum Gasteiger partial charge on any atom is -0.446 e. The van der Waals surface area contributed by atoms with Crippen molar-refractivity contribution in [2.75, 3.05) is 13.1 Å². The topological polar surface area (TPSA) is 49.8 Å². The largest absolute Gasteiger partial charge is 0.446 e. The predicted molar refractivity (Wildman–Crippen MR) is 46.3 cm³/mol. The van der Waals surface area contributed by atoms with Crippen LogP contribution < -0.4 is 0 Å². The molecule has 13 heavy (non-hydrogen) atoms. The molecule has 1 heterocycles. The normalized spacial score (nSPS) is 28.7. The van der Waals surface area contributed by atoms with Gasteiger partial charge >= 0.3 is 6.09 Å². The molecule has 4 heteroatoms. The number of nitrogens with zero attached hydrogens (tertiary/aromatic N) is 1. The highest BCUT2D eigenvalue weighted by molar-refractivity contribution is 5.68. The van der Waals surface area contributed by atoms with Crippen LogP contribution in [0.3, 0.4) is 0 Å². The van der Waals surface area contributed by atoms with E-state index < -0.39 is 0 Å². The van der Waals surface area contributed by atoms with Gasteiger partial charge in [0.1, 0.15) is 6.10 Å². The summed E-state index contributed by atoms with van der Waals surface area (Å²) in [5.41, 5.74) is 0. The van der Waals surface area contributed by atoms with E-state index in [4.69, 9.17) is 4.74 Å². The number of amides is 1. The Bertz CT molecular complexity index is 203. The first-order valence-corrected chi connectivity index (χ1v) is 4.89. The molecule has 2 rings (SSSR count). The third-order valence-electron chi connectivity index (χ3n) is 2.74. The molecule has 74 valence electrons. The Morgan fingerprint density at radius 2 is 2.15 bits per heavy atom. The van der Waals surface area contributed by atoms with Crippen LogP contribution in [0.25, 0.3) is 0 Å². The molecule has 0 spiro atoms. The summed E-state index contributed by atoms with van der Waals surface area (Å²) < 4.78 is 5.19. The fourth-order valence-electron chi connectivity index (χ4n) is 1.61. The van der Waals surface area contributed by atoms with E-state index in [1.807, 2.05) is 0 Å². The molecule has 2 fully saturated rings. The van der Waals surface area contributed by atoms with Crippen LogP contribution in [0.4, 0.5) is 4.79 Å². The second-order valence-corrected chi connectivity index (χ2v) is 3.83. The van der Waals surface area contributed by atoms with Gasteiger partial charge in [-0.15, -0.1) is 0 Å². The molecular weight excluding hydrogens is 170 g/mol. The molecular formula is C9H15NO3. The maximum absolute atomic E-state index is 11.4. The molecule has 0 bridgehead atoms. The molecule has 1 N–H and O–H groups in total. The van der Waals surface area contributed by atoms with Gasteiger partial charge in [-0.1, -0.05) is 0 Å². The van der Waals surface area contributed by atoms with Crippen molar-refractivity contribution < 1.29 is 14.6 Å². The van der Waals surface area contributed by atoms with Crippen LogP contribution >= 0.6 is 0 Å². The number of hydrogen-bond acceptors (Lipinski definition) is 3. The first-order valence-electron chi connectivity index (χ1n) is 4.89. The lowest BCUT2D eigenvalue weighted by molar-refractivity contribution is 0.0287. The van der Waals surface area contributed by atoms with Crippen molar-refractivity contribution in [3.63, 3.8) is 0 Å². The number of ether oxygens (including phenoxy) is 1. The number of likely N-dealkylation sites (tertiary alicyclic amines) is 1. The SMILES string of the molecule is O=C(OC1CCC1)N1CCC(O)C1. The van der Waals surface area contributed by atoms with E-state index in [9.17, 15) is 9.90 Å². The molecule has 4 nitrogen and oxygen atoms in total. The zero-order valence-electron chi connectivity index (χ0n) is 7.61. The van der Waals surface area contributed by atoms with Gasteiger partial charge in [-0.2, -0.15) is 0 Å². The molecule has 0 aromatic heterocycles. The summed E-state index contributed by atoms with van der Waals surface area (Å²) in [4.78, 5) is 13.0. The van der Waals surface area contributed by atoms with Crippen LogP contribution in [0.2, 0.25) is 0 Å². The summed E-state index contributed by atoms with van der Waals surface area (Å²) in [6.07, 6.45) is 3.39. The van der Waals surface area contributed by atoms with Gasteiger partial charge in [0.05, 0.1) is 6.10 Å². The highest BCUT2D eigenvalue weighted by atomic mass is 16.6. The van der Waals surface area contributed by atoms with Gasteiger partial charge in [-0.3, -0.25) is 0 Å². The van der Waals surface area contributed by atoms with Crippen molar-refractivity contribution in [2.24, 2.45) is 0 Å². The molecule has 1 aliphatic carbocycles. The molecule has 0 aromatic carbocycles. The Hall–Kier alpha value is -0.770. The Labute approximate surface area is 77.5 Å². The van der Waals surface area contributed by atoms with Crippen LogP contribution in [0.1, 0.15) is 25.7 Å². The van der Waals surface area contributed by atoms with E-state index in [2.05, 4.69) is 0 Å². The van der Waals surface area contributed by atoms with E-state index >= 15 is 0 Å². The highest BCUT2D eigenvalue weighted by Crippen LogP contribution is 2.23. The number of rotatable bonds is 1. The smallest absolute Gasteiger partial charge is 0.410 e. The van der Waals surface area contributed by atoms with Crippen molar-refractivity contribution in [1.29, 1.82) is 0 Å². The standard InChI is InChI=1S/C9H15NO3/c11-7-4-5-10(6-7)9(12)13-8-2-1-3-8/h7-8,11H,1-6H2. The highest BCUT2D eigenvalue weighted by Gasteiger charge is 2.29. The van der Waals surface area contributed by atoms with E-state index in [0.717, 1.165) is 12.8 Å². The van der Waals surface area contributed by atoms with Crippen molar-refractivity contribution in [1.82, 2.24) is 4.90 Å². The average molecular weight is 185 g/mol. The van der Waals surface area contributed by atoms with Crippen LogP contribution in [-0.2, 0) is 4.74 Å². The molecule has 1 aliphatic heterocycles. The zero-order valence-corrected chi connectivity index (χ0v) is 7.61. The molecule has 0 aromatic rings. The third kappa shape index (κ3) is 1.94. The fourth-order valence-corrected chi connectivity index (χ4v) is 1.61. The number of aliphatic hydroxyl groups is 1. The fraction of sp³-hybridized carbons (Fsp3) is 0.889. The van der Waals surface area contributed by atoms with Crippen molar-refractivity contribution in [2.45, 2.75) is 37.9 Å². The predicted octanol–water partition coefficient (Wildman–Crippen LogP) is 0.742. The number of hydrogen-bond donors (Lipinski definition) is 1. The van der Waals surface area contributed by atoms with Crippen LogP contribution in [-0.4, -0.2) is 41.4 Å². The Morgan fingerprint density at radius 3 is 2.62 bits per heavy atom. The lowest BCUT2D eigenvalue weighted by atomic mass is 9.96. The number of carbonyl (C=O) groups is 1. The average Bonchev–Trinajstić information content (AvgIpc) is 2.44. The molecule has 1 amide bonds. The second kappa shape index (κ2) is 3.54. The number of carbonyl (C=O) groups excluding carboxylic acids is 1. The zero-order chi connectivity index (χ0) is 9.26. The molecule has 1 saturated carbocycles. The van der Waals surface area contributed by atoms with Crippen LogP contribution in [0.5, 0.6) is 0 Å². The van der Waals surface area contributed by atoms with Crippen LogP contribution in [0, 0.1) is 0 Å². The van der Waals surface area contributed by atoms with Crippen molar-refractivity contribution >= 4 is 6.09 Å². The van der Waals surface area contributed by atoms with Crippen molar-refractivity contribution in [3.05, 3.63) is 0 Å². The molecule has 0 radical (unpaired) electrons. The third-order valence-corrected chi connectivity index (χ3v) is 2.74. The van der Waals surface area contributed by atoms with Gasteiger partial charge in [0.25, 0.3) is 0 Å². The number of β-amino-alcohol motifs (C(OH)–C–C–N with tert-alkyl or cyclic N) is 1. The van der Waals surface area contributed by atoms with E-state index in [1.54, 1.807) is 4.90 Å². The maximum atomic E-state index is 11.4. The molecule has 1 unspecified atom stereocenters. The summed E-state index contributed by atoms with van der Waals surface area (Å²) in [5, 5.41) is 9.20. The monoisotopic (exact) mass is 185 g/mol.